The van der Waals surface area contributed by atoms with E-state index in [1.807, 2.05) is 0 Å². The number of carbonyl (C=O) groups is 4. The van der Waals surface area contributed by atoms with E-state index in [0.717, 1.165) is 34.6 Å². The first kappa shape index (κ1) is 28.0. The molecule has 2 heterocycles. The van der Waals surface area contributed by atoms with Gasteiger partial charge in [-0.25, -0.2) is 13.2 Å². The Labute approximate surface area is 230 Å². The number of ether oxygens (including phenoxy) is 2. The van der Waals surface area contributed by atoms with Crippen LogP contribution in [0.2, 0.25) is 5.02 Å². The fraction of sp³-hybridized carbons (Fsp3) is 0.348. The minimum Gasteiger partial charge on any atom is -0.468 e. The van der Waals surface area contributed by atoms with Crippen molar-refractivity contribution in [2.45, 2.75) is 25.8 Å². The Bertz CT molecular complexity index is 1630. The van der Waals surface area contributed by atoms with E-state index >= 15 is 0 Å². The Morgan fingerprint density at radius 3 is 2.58 bits per heavy atom. The third kappa shape index (κ3) is 6.14. The van der Waals surface area contributed by atoms with Crippen LogP contribution in [0.5, 0.6) is 0 Å². The lowest BCUT2D eigenvalue weighted by Gasteiger charge is -2.07. The molecule has 0 saturated carbocycles. The number of methoxy groups -OCH3 is 2. The summed E-state index contributed by atoms with van der Waals surface area (Å²) in [5, 5.41) is 3.15. The van der Waals surface area contributed by atoms with Gasteiger partial charge in [0.1, 0.15) is 23.1 Å². The molecule has 15 heteroatoms. The molecule has 11 nitrogen and oxygen atoms in total. The van der Waals surface area contributed by atoms with Gasteiger partial charge in [0.2, 0.25) is 5.91 Å². The third-order valence-corrected chi connectivity index (χ3v) is 9.51. The Balaban J connectivity index is 1.52. The van der Waals surface area contributed by atoms with Gasteiger partial charge in [-0.1, -0.05) is 22.9 Å². The average Bonchev–Trinajstić information content (AvgIpc) is 3.50. The number of thiazole rings is 1. The van der Waals surface area contributed by atoms with Crippen LogP contribution < -0.4 is 10.1 Å². The highest BCUT2D eigenvalue weighted by Crippen LogP contribution is 2.39. The van der Waals surface area contributed by atoms with Crippen molar-refractivity contribution >= 4 is 83.1 Å². The molecule has 0 spiro atoms. The van der Waals surface area contributed by atoms with Crippen LogP contribution in [-0.4, -0.2) is 62.5 Å². The van der Waals surface area contributed by atoms with E-state index in [9.17, 15) is 27.6 Å². The Kier molecular flexibility index (Phi) is 8.35. The number of rotatable bonds is 8. The van der Waals surface area contributed by atoms with Gasteiger partial charge in [-0.3, -0.25) is 14.4 Å². The van der Waals surface area contributed by atoms with Crippen LogP contribution in [0.4, 0.5) is 5.00 Å². The molecule has 3 aromatic rings. The molecule has 0 fully saturated rings. The number of anilines is 1. The largest absolute Gasteiger partial charge is 0.468 e. The molecule has 0 radical (unpaired) electrons. The van der Waals surface area contributed by atoms with Crippen molar-refractivity contribution < 1.29 is 37.1 Å². The number of carbonyl (C=O) groups excluding carboxylic acids is 4. The maximum Gasteiger partial charge on any atom is 0.341 e. The number of halogens is 1. The van der Waals surface area contributed by atoms with Crippen molar-refractivity contribution in [3.05, 3.63) is 44.0 Å². The molecule has 2 aromatic heterocycles. The van der Waals surface area contributed by atoms with Gasteiger partial charge in [-0.15, -0.1) is 11.3 Å². The summed E-state index contributed by atoms with van der Waals surface area (Å²) >= 11 is 8.29. The molecule has 1 aliphatic carbocycles. The van der Waals surface area contributed by atoms with Crippen LogP contribution in [0.15, 0.2) is 23.2 Å². The fourth-order valence-corrected chi connectivity index (χ4v) is 7.66. The quantitative estimate of drug-likeness (QED) is 0.388. The standard InChI is InChI=1S/C23H22ClN3O8S3/c1-34-19(30)9-27-14-7-6-12(24)8-16(14)37-23(27)26-18(29)11-38(32,33)10-17(28)25-21-20(22(31)35-2)13-4-3-5-15(13)36-21/h6-8H,3-5,9-11H2,1-2H3,(H,25,28). The second kappa shape index (κ2) is 11.4. The zero-order valence-corrected chi connectivity index (χ0v) is 23.4. The van der Waals surface area contributed by atoms with Gasteiger partial charge in [-0.05, 0) is 43.0 Å². The smallest absolute Gasteiger partial charge is 0.341 e. The van der Waals surface area contributed by atoms with Crippen molar-refractivity contribution in [2.75, 3.05) is 31.0 Å². The van der Waals surface area contributed by atoms with Crippen LogP contribution in [0, 0.1) is 0 Å². The number of esters is 2. The van der Waals surface area contributed by atoms with Gasteiger partial charge in [0.15, 0.2) is 14.6 Å². The number of amides is 2. The van der Waals surface area contributed by atoms with Gasteiger partial charge >= 0.3 is 11.9 Å². The summed E-state index contributed by atoms with van der Waals surface area (Å²) in [5.74, 6) is -5.12. The highest BCUT2D eigenvalue weighted by molar-refractivity contribution is 7.92. The Morgan fingerprint density at radius 2 is 1.87 bits per heavy atom. The number of hydrogen-bond donors (Lipinski definition) is 1. The van der Waals surface area contributed by atoms with E-state index in [1.54, 1.807) is 18.2 Å². The molecule has 1 aliphatic rings. The SMILES string of the molecule is COC(=O)Cn1c(=NC(=O)CS(=O)(=O)CC(=O)Nc2sc3c(c2C(=O)OC)CCC3)sc2cc(Cl)ccc21. The number of thiophene rings is 1. The molecule has 1 aromatic carbocycles. The lowest BCUT2D eigenvalue weighted by molar-refractivity contribution is -0.141. The summed E-state index contributed by atoms with van der Waals surface area (Å²) in [4.78, 5) is 54.3. The highest BCUT2D eigenvalue weighted by Gasteiger charge is 2.29. The summed E-state index contributed by atoms with van der Waals surface area (Å²) in [7, 11) is -1.77. The molecule has 2 amide bonds. The van der Waals surface area contributed by atoms with Crippen molar-refractivity contribution in [3.63, 3.8) is 0 Å². The minimum absolute atomic E-state index is 0.0770. The van der Waals surface area contributed by atoms with E-state index in [1.165, 1.54) is 30.1 Å². The van der Waals surface area contributed by atoms with Gasteiger partial charge in [0, 0.05) is 9.90 Å². The highest BCUT2D eigenvalue weighted by atomic mass is 35.5. The maximum absolute atomic E-state index is 12.6. The first-order valence-corrected chi connectivity index (χ1v) is 15.0. The zero-order chi connectivity index (χ0) is 27.6. The summed E-state index contributed by atoms with van der Waals surface area (Å²) in [5.41, 5.74) is 1.60. The van der Waals surface area contributed by atoms with Crippen LogP contribution in [0.1, 0.15) is 27.2 Å². The molecular formula is C23H22ClN3O8S3. The minimum atomic E-state index is -4.22. The number of aryl methyl sites for hydroxylation is 1. The second-order valence-corrected chi connectivity index (χ2v) is 12.9. The molecule has 38 heavy (non-hydrogen) atoms. The number of nitrogens with one attached hydrogen (secondary N) is 1. The van der Waals surface area contributed by atoms with Crippen molar-refractivity contribution in [1.29, 1.82) is 0 Å². The van der Waals surface area contributed by atoms with Crippen LogP contribution in [-0.2, 0) is 53.1 Å². The monoisotopic (exact) mass is 599 g/mol. The molecule has 4 rings (SSSR count). The summed E-state index contributed by atoms with van der Waals surface area (Å²) < 4.78 is 36.9. The maximum atomic E-state index is 12.6. The predicted octanol–water partition coefficient (Wildman–Crippen LogP) is 2.35. The summed E-state index contributed by atoms with van der Waals surface area (Å²) in [6.45, 7) is -0.257. The summed E-state index contributed by atoms with van der Waals surface area (Å²) in [6, 6.07) is 4.88. The average molecular weight is 600 g/mol. The van der Waals surface area contributed by atoms with Crippen LogP contribution in [0.3, 0.4) is 0 Å². The van der Waals surface area contributed by atoms with Gasteiger partial charge in [-0.2, -0.15) is 4.99 Å². The van der Waals surface area contributed by atoms with Crippen molar-refractivity contribution in [2.24, 2.45) is 4.99 Å². The zero-order valence-electron chi connectivity index (χ0n) is 20.2. The van der Waals surface area contributed by atoms with E-state index < -0.39 is 45.1 Å². The van der Waals surface area contributed by atoms with Crippen LogP contribution >= 0.6 is 34.3 Å². The number of nitrogens with zero attached hydrogens (tertiary/aromatic N) is 2. The van der Waals surface area contributed by atoms with Crippen molar-refractivity contribution in [3.8, 4) is 0 Å². The van der Waals surface area contributed by atoms with Crippen molar-refractivity contribution in [1.82, 2.24) is 4.57 Å². The molecule has 0 atom stereocenters. The number of fused-ring (bicyclic) bond motifs is 2. The molecule has 202 valence electrons. The predicted molar refractivity (Wildman–Crippen MR) is 142 cm³/mol. The number of benzene rings is 1. The van der Waals surface area contributed by atoms with Gasteiger partial charge in [0.05, 0.1) is 30.0 Å². The molecule has 0 aliphatic heterocycles. The lowest BCUT2D eigenvalue weighted by Crippen LogP contribution is -2.29. The number of sulfone groups is 1. The number of hydrogen-bond acceptors (Lipinski definition) is 10. The molecule has 0 saturated heterocycles. The van der Waals surface area contributed by atoms with Crippen LogP contribution in [0.25, 0.3) is 10.2 Å². The first-order valence-electron chi connectivity index (χ1n) is 11.2. The molecule has 0 unspecified atom stereocenters. The molecule has 1 N–H and O–H groups in total. The Morgan fingerprint density at radius 1 is 1.11 bits per heavy atom. The number of aromatic nitrogens is 1. The van der Waals surface area contributed by atoms with E-state index in [-0.39, 0.29) is 21.9 Å². The lowest BCUT2D eigenvalue weighted by atomic mass is 10.1. The molecular weight excluding hydrogens is 578 g/mol. The van der Waals surface area contributed by atoms with Gasteiger partial charge in [0.25, 0.3) is 5.91 Å². The van der Waals surface area contributed by atoms with Gasteiger partial charge < -0.3 is 19.4 Å². The van der Waals surface area contributed by atoms with E-state index in [0.29, 0.717) is 21.7 Å². The second-order valence-electron chi connectivity index (χ2n) is 8.30. The Hall–Kier alpha value is -3.07. The summed E-state index contributed by atoms with van der Waals surface area (Å²) in [6.07, 6.45) is 2.31. The van der Waals surface area contributed by atoms with E-state index in [2.05, 4.69) is 10.3 Å². The third-order valence-electron chi connectivity index (χ3n) is 5.64. The fourth-order valence-electron chi connectivity index (χ4n) is 4.03. The van der Waals surface area contributed by atoms with E-state index in [4.69, 9.17) is 21.1 Å². The topological polar surface area (TPSA) is 150 Å². The first-order chi connectivity index (χ1) is 18.0. The molecule has 0 bridgehead atoms. The normalized spacial score (nSPS) is 13.4.